The molecule has 1 aliphatic carbocycles. The highest BCUT2D eigenvalue weighted by Crippen LogP contribution is 2.21. The van der Waals surface area contributed by atoms with Crippen LogP contribution in [0.5, 0.6) is 0 Å². The van der Waals surface area contributed by atoms with E-state index in [4.69, 9.17) is 9.16 Å². The summed E-state index contributed by atoms with van der Waals surface area (Å²) in [6.07, 6.45) is 3.22. The largest absolute Gasteiger partial charge is 0.507 e. The van der Waals surface area contributed by atoms with E-state index in [1.54, 1.807) is 0 Å². The first-order valence-corrected chi connectivity index (χ1v) is 7.59. The van der Waals surface area contributed by atoms with E-state index in [0.29, 0.717) is 0 Å². The lowest BCUT2D eigenvalue weighted by molar-refractivity contribution is 0.108. The van der Waals surface area contributed by atoms with Crippen molar-refractivity contribution in [2.45, 2.75) is 51.2 Å². The van der Waals surface area contributed by atoms with Crippen molar-refractivity contribution in [3.63, 3.8) is 0 Å². The summed E-state index contributed by atoms with van der Waals surface area (Å²) in [4.78, 5) is 22.2. The average molecular weight is 258 g/mol. The van der Waals surface area contributed by atoms with Crippen molar-refractivity contribution in [1.82, 2.24) is 0 Å². The topological polar surface area (TPSA) is 77.3 Å². The maximum atomic E-state index is 11.2. The molecular formula is C10H18N2O4Si. The first-order valence-electron chi connectivity index (χ1n) is 6.01. The summed E-state index contributed by atoms with van der Waals surface area (Å²) >= 11 is 0. The van der Waals surface area contributed by atoms with E-state index in [1.807, 2.05) is 6.92 Å². The van der Waals surface area contributed by atoms with Gasteiger partial charge < -0.3 is 9.16 Å². The Hall–Kier alpha value is -1.24. The van der Waals surface area contributed by atoms with Crippen molar-refractivity contribution in [3.05, 3.63) is 0 Å². The maximum absolute atomic E-state index is 11.2. The first kappa shape index (κ1) is 13.8. The number of carbonyl (C=O) groups is 2. The van der Waals surface area contributed by atoms with Crippen molar-refractivity contribution in [2.75, 3.05) is 0 Å². The lowest BCUT2D eigenvalue weighted by Gasteiger charge is -2.06. The summed E-state index contributed by atoms with van der Waals surface area (Å²) in [5.41, 5.74) is 0. The summed E-state index contributed by atoms with van der Waals surface area (Å²) in [6.45, 7) is 2.02. The average Bonchev–Trinajstić information content (AvgIpc) is 2.79. The van der Waals surface area contributed by atoms with Crippen LogP contribution >= 0.6 is 0 Å². The Morgan fingerprint density at radius 2 is 1.88 bits per heavy atom. The third kappa shape index (κ3) is 6.15. The highest BCUT2D eigenvalue weighted by Gasteiger charge is 2.19. The predicted octanol–water partition coefficient (Wildman–Crippen LogP) is 2.57. The number of hydrogen-bond acceptors (Lipinski definition) is 4. The van der Waals surface area contributed by atoms with Crippen LogP contribution in [0, 0.1) is 0 Å². The normalized spacial score (nSPS) is 17.0. The summed E-state index contributed by atoms with van der Waals surface area (Å²) in [6, 6.07) is 0.910. The van der Waals surface area contributed by atoms with Gasteiger partial charge in [0.1, 0.15) is 6.10 Å². The van der Waals surface area contributed by atoms with Gasteiger partial charge in [0, 0.05) is 0 Å². The summed E-state index contributed by atoms with van der Waals surface area (Å²) in [5, 5.41) is 6.34. The molecule has 1 rings (SSSR count). The van der Waals surface area contributed by atoms with Crippen LogP contribution in [0.15, 0.2) is 10.2 Å². The molecule has 0 unspecified atom stereocenters. The zero-order valence-electron chi connectivity index (χ0n) is 10.1. The Morgan fingerprint density at radius 1 is 1.24 bits per heavy atom. The highest BCUT2D eigenvalue weighted by atomic mass is 28.2. The minimum atomic E-state index is -0.857. The third-order valence-electron chi connectivity index (χ3n) is 2.51. The smallest absolute Gasteiger partial charge is 0.452 e. The molecule has 1 saturated carbocycles. The van der Waals surface area contributed by atoms with Crippen LogP contribution in [-0.2, 0) is 9.16 Å². The van der Waals surface area contributed by atoms with Gasteiger partial charge in [-0.2, -0.15) is 0 Å². The van der Waals surface area contributed by atoms with E-state index in [1.165, 1.54) is 0 Å². The molecule has 1 aliphatic rings. The number of ether oxygens (including phenoxy) is 1. The van der Waals surface area contributed by atoms with Crippen LogP contribution in [0.1, 0.15) is 39.0 Å². The minimum Gasteiger partial charge on any atom is -0.507 e. The quantitative estimate of drug-likeness (QED) is 0.441. The minimum absolute atomic E-state index is 0.0630. The van der Waals surface area contributed by atoms with E-state index >= 15 is 0 Å². The summed E-state index contributed by atoms with van der Waals surface area (Å²) in [5.74, 6) is 0. The second kappa shape index (κ2) is 7.94. The van der Waals surface area contributed by atoms with Gasteiger partial charge in [0.15, 0.2) is 0 Å². The highest BCUT2D eigenvalue weighted by molar-refractivity contribution is 6.30. The zero-order chi connectivity index (χ0) is 12.5. The Morgan fingerprint density at radius 3 is 2.53 bits per heavy atom. The second-order valence-electron chi connectivity index (χ2n) is 3.96. The van der Waals surface area contributed by atoms with E-state index in [-0.39, 0.29) is 6.10 Å². The van der Waals surface area contributed by atoms with Gasteiger partial charge in [0.25, 0.3) is 0 Å². The fourth-order valence-electron chi connectivity index (χ4n) is 1.59. The molecule has 0 aliphatic heterocycles. The van der Waals surface area contributed by atoms with Crippen molar-refractivity contribution < 1.29 is 18.8 Å². The Balaban J connectivity index is 2.17. The molecule has 96 valence electrons. The molecule has 17 heavy (non-hydrogen) atoms. The molecule has 0 radical (unpaired) electrons. The molecule has 0 aromatic rings. The van der Waals surface area contributed by atoms with Crippen LogP contribution < -0.4 is 0 Å². The van der Waals surface area contributed by atoms with E-state index in [0.717, 1.165) is 38.1 Å². The summed E-state index contributed by atoms with van der Waals surface area (Å²) < 4.78 is 9.83. The fourth-order valence-corrected chi connectivity index (χ4v) is 2.25. The molecule has 0 heterocycles. The number of nitrogens with zero attached hydrogens (tertiary/aromatic N) is 2. The molecule has 0 spiro atoms. The van der Waals surface area contributed by atoms with E-state index in [2.05, 4.69) is 10.2 Å². The lowest BCUT2D eigenvalue weighted by Crippen LogP contribution is -2.11. The van der Waals surface area contributed by atoms with Gasteiger partial charge in [-0.25, -0.2) is 9.59 Å². The predicted molar refractivity (Wildman–Crippen MR) is 63.7 cm³/mol. The Labute approximate surface area is 103 Å². The number of amides is 2. The summed E-state index contributed by atoms with van der Waals surface area (Å²) in [7, 11) is -0.857. The first-order chi connectivity index (χ1) is 8.22. The zero-order valence-corrected chi connectivity index (χ0v) is 11.5. The van der Waals surface area contributed by atoms with Gasteiger partial charge in [-0.05, 0) is 31.7 Å². The van der Waals surface area contributed by atoms with E-state index in [9.17, 15) is 9.59 Å². The molecule has 0 bridgehead atoms. The Kier molecular flexibility index (Phi) is 6.45. The SMILES string of the molecule is CCC[SiH2]OC(=O)N=NC(=O)OC1CCCC1. The second-order valence-corrected chi connectivity index (χ2v) is 5.36. The molecule has 0 aromatic carbocycles. The van der Waals surface area contributed by atoms with Crippen LogP contribution in [0.3, 0.4) is 0 Å². The van der Waals surface area contributed by atoms with Crippen molar-refractivity contribution in [2.24, 2.45) is 10.2 Å². The van der Waals surface area contributed by atoms with Crippen LogP contribution in [0.25, 0.3) is 0 Å². The van der Waals surface area contributed by atoms with Gasteiger partial charge in [-0.1, -0.05) is 23.6 Å². The van der Waals surface area contributed by atoms with Gasteiger partial charge in [0.2, 0.25) is 9.76 Å². The molecular weight excluding hydrogens is 240 g/mol. The van der Waals surface area contributed by atoms with Gasteiger partial charge in [0.05, 0.1) is 0 Å². The van der Waals surface area contributed by atoms with E-state index < -0.39 is 21.9 Å². The molecule has 6 nitrogen and oxygen atoms in total. The molecule has 1 fully saturated rings. The van der Waals surface area contributed by atoms with Crippen molar-refractivity contribution in [3.8, 4) is 0 Å². The van der Waals surface area contributed by atoms with Crippen molar-refractivity contribution in [1.29, 1.82) is 0 Å². The molecule has 2 amide bonds. The fraction of sp³-hybridized carbons (Fsp3) is 0.800. The number of hydrogen-bond donors (Lipinski definition) is 0. The van der Waals surface area contributed by atoms with Gasteiger partial charge in [-0.15, -0.1) is 0 Å². The molecule has 0 saturated heterocycles. The third-order valence-corrected chi connectivity index (χ3v) is 3.95. The molecule has 0 N–H and O–H groups in total. The number of azo groups is 1. The van der Waals surface area contributed by atoms with Crippen LogP contribution in [0.4, 0.5) is 9.59 Å². The molecule has 0 atom stereocenters. The number of rotatable bonds is 4. The van der Waals surface area contributed by atoms with Crippen molar-refractivity contribution >= 4 is 21.9 Å². The Bertz CT molecular complexity index is 290. The molecule has 7 heteroatoms. The van der Waals surface area contributed by atoms with Crippen LogP contribution in [-0.4, -0.2) is 28.1 Å². The van der Waals surface area contributed by atoms with Crippen LogP contribution in [0.2, 0.25) is 6.04 Å². The van der Waals surface area contributed by atoms with Gasteiger partial charge in [-0.3, -0.25) is 0 Å². The maximum Gasteiger partial charge on any atom is 0.452 e. The molecule has 0 aromatic heterocycles. The van der Waals surface area contributed by atoms with Gasteiger partial charge >= 0.3 is 12.2 Å². The monoisotopic (exact) mass is 258 g/mol. The number of carbonyl (C=O) groups excluding carboxylic acids is 2. The lowest BCUT2D eigenvalue weighted by atomic mass is 10.3. The standard InChI is InChI=1S/C10H18N2O4Si/c1-2-7-17-16-10(14)12-11-9(13)15-8-5-3-4-6-8/h8H,2-7,17H2,1H3.